The molecule has 43 valence electrons. The van der Waals surface area contributed by atoms with Gasteiger partial charge >= 0.3 is 0 Å². The van der Waals surface area contributed by atoms with E-state index < -0.39 is 0 Å². The van der Waals surface area contributed by atoms with Gasteiger partial charge in [-0.3, -0.25) is 0 Å². The Balaban J connectivity index is 2.92. The molecule has 8 heavy (non-hydrogen) atoms. The Labute approximate surface area is 53.1 Å². The van der Waals surface area contributed by atoms with Crippen molar-refractivity contribution >= 4 is 11.8 Å². The zero-order valence-corrected chi connectivity index (χ0v) is 5.49. The lowest BCUT2D eigenvalue weighted by Crippen LogP contribution is -1.63. The normalized spacial score (nSPS) is 9.75. The summed E-state index contributed by atoms with van der Waals surface area (Å²) < 4.78 is 4.85. The summed E-state index contributed by atoms with van der Waals surface area (Å²) in [6.45, 7) is 3.74. The maximum Gasteiger partial charge on any atom is 0.104 e. The second kappa shape index (κ2) is 2.27. The van der Waals surface area contributed by atoms with Crippen LogP contribution in [0.3, 0.4) is 0 Å². The summed E-state index contributed by atoms with van der Waals surface area (Å²) in [6.07, 6.45) is 5.35. The van der Waals surface area contributed by atoms with Crippen LogP contribution in [0.25, 0.3) is 0 Å². The van der Waals surface area contributed by atoms with Crippen LogP contribution in [0.15, 0.2) is 21.8 Å². The molecular formula is C6H7OS. The molecule has 0 N–H and O–H groups in total. The second-order valence-electron chi connectivity index (χ2n) is 1.47. The van der Waals surface area contributed by atoms with E-state index in [1.54, 1.807) is 24.3 Å². The van der Waals surface area contributed by atoms with Crippen LogP contribution in [0.1, 0.15) is 5.56 Å². The SMILES string of the molecule is [CH2]c1cocc1SC. The molecule has 0 aliphatic carbocycles. The van der Waals surface area contributed by atoms with E-state index in [2.05, 4.69) is 6.92 Å². The fourth-order valence-electron chi connectivity index (χ4n) is 0.491. The van der Waals surface area contributed by atoms with Gasteiger partial charge in [-0.05, 0) is 13.2 Å². The molecule has 1 aromatic heterocycles. The first-order valence-corrected chi connectivity index (χ1v) is 3.49. The predicted molar refractivity (Wildman–Crippen MR) is 34.9 cm³/mol. The van der Waals surface area contributed by atoms with Crippen LogP contribution in [0, 0.1) is 6.92 Å². The first-order valence-electron chi connectivity index (χ1n) is 2.26. The Morgan fingerprint density at radius 2 is 2.38 bits per heavy atom. The highest BCUT2D eigenvalue weighted by Crippen LogP contribution is 2.19. The van der Waals surface area contributed by atoms with E-state index in [0.29, 0.717) is 0 Å². The highest BCUT2D eigenvalue weighted by Gasteiger charge is 1.94. The fourth-order valence-corrected chi connectivity index (χ4v) is 0.953. The largest absolute Gasteiger partial charge is 0.471 e. The molecule has 2 heteroatoms. The molecule has 0 bridgehead atoms. The lowest BCUT2D eigenvalue weighted by molar-refractivity contribution is 0.561. The van der Waals surface area contributed by atoms with Crippen LogP contribution < -0.4 is 0 Å². The smallest absolute Gasteiger partial charge is 0.104 e. The minimum absolute atomic E-state index is 0.970. The van der Waals surface area contributed by atoms with Crippen LogP contribution in [-0.4, -0.2) is 6.26 Å². The van der Waals surface area contributed by atoms with Gasteiger partial charge in [0.25, 0.3) is 0 Å². The molecule has 0 aliphatic heterocycles. The van der Waals surface area contributed by atoms with Crippen molar-refractivity contribution in [2.24, 2.45) is 0 Å². The third-order valence-electron chi connectivity index (χ3n) is 0.922. The monoisotopic (exact) mass is 127 g/mol. The lowest BCUT2D eigenvalue weighted by Gasteiger charge is -1.84. The number of rotatable bonds is 1. The third kappa shape index (κ3) is 0.892. The van der Waals surface area contributed by atoms with E-state index >= 15 is 0 Å². The van der Waals surface area contributed by atoms with E-state index in [1.165, 1.54) is 0 Å². The molecule has 0 aliphatic rings. The first kappa shape index (κ1) is 5.76. The molecule has 0 saturated heterocycles. The summed E-state index contributed by atoms with van der Waals surface area (Å²) in [5, 5.41) is 0. The Kier molecular flexibility index (Phi) is 1.63. The van der Waals surface area contributed by atoms with Crippen LogP contribution in [0.5, 0.6) is 0 Å². The minimum Gasteiger partial charge on any atom is -0.471 e. The first-order chi connectivity index (χ1) is 3.84. The van der Waals surface area contributed by atoms with Gasteiger partial charge < -0.3 is 4.42 Å². The summed E-state index contributed by atoms with van der Waals surface area (Å²) in [4.78, 5) is 1.12. The Bertz CT molecular complexity index is 169. The van der Waals surface area contributed by atoms with E-state index in [4.69, 9.17) is 4.42 Å². The predicted octanol–water partition coefficient (Wildman–Crippen LogP) is 2.18. The molecule has 0 fully saturated rings. The van der Waals surface area contributed by atoms with E-state index in [0.717, 1.165) is 10.5 Å². The van der Waals surface area contributed by atoms with E-state index in [9.17, 15) is 0 Å². The standard InChI is InChI=1S/C6H7OS/c1-5-3-7-4-6(5)8-2/h3-4H,1H2,2H3. The van der Waals surface area contributed by atoms with Gasteiger partial charge in [0.2, 0.25) is 0 Å². The van der Waals surface area contributed by atoms with Crippen molar-refractivity contribution in [2.75, 3.05) is 6.26 Å². The molecular weight excluding hydrogens is 120 g/mol. The highest BCUT2D eigenvalue weighted by molar-refractivity contribution is 7.98. The molecule has 1 rings (SSSR count). The van der Waals surface area contributed by atoms with Crippen LogP contribution in [0.4, 0.5) is 0 Å². The van der Waals surface area contributed by atoms with Gasteiger partial charge in [-0.1, -0.05) is 0 Å². The molecule has 0 amide bonds. The molecule has 0 unspecified atom stereocenters. The van der Waals surface area contributed by atoms with Gasteiger partial charge in [0.1, 0.15) is 6.26 Å². The van der Waals surface area contributed by atoms with Crippen molar-refractivity contribution in [3.8, 4) is 0 Å². The molecule has 0 spiro atoms. The molecule has 1 aromatic rings. The topological polar surface area (TPSA) is 13.1 Å². The maximum absolute atomic E-state index is 4.85. The highest BCUT2D eigenvalue weighted by atomic mass is 32.2. The van der Waals surface area contributed by atoms with E-state index in [1.807, 2.05) is 6.26 Å². The number of thioether (sulfide) groups is 1. The molecule has 1 radical (unpaired) electrons. The van der Waals surface area contributed by atoms with Crippen molar-refractivity contribution in [2.45, 2.75) is 4.90 Å². The van der Waals surface area contributed by atoms with Crippen LogP contribution >= 0.6 is 11.8 Å². The quantitative estimate of drug-likeness (QED) is 0.536. The number of furan rings is 1. The maximum atomic E-state index is 4.85. The number of hydrogen-bond acceptors (Lipinski definition) is 2. The van der Waals surface area contributed by atoms with Gasteiger partial charge in [0.05, 0.1) is 6.26 Å². The van der Waals surface area contributed by atoms with Crippen molar-refractivity contribution in [3.05, 3.63) is 25.0 Å². The molecule has 1 nitrogen and oxygen atoms in total. The van der Waals surface area contributed by atoms with Crippen LogP contribution in [-0.2, 0) is 0 Å². The molecule has 0 atom stereocenters. The zero-order valence-electron chi connectivity index (χ0n) is 4.68. The van der Waals surface area contributed by atoms with Gasteiger partial charge in [-0.25, -0.2) is 0 Å². The summed E-state index contributed by atoms with van der Waals surface area (Å²) in [7, 11) is 0. The lowest BCUT2D eigenvalue weighted by atomic mass is 10.4. The van der Waals surface area contributed by atoms with Gasteiger partial charge in [-0.15, -0.1) is 11.8 Å². The fraction of sp³-hybridized carbons (Fsp3) is 0.167. The summed E-state index contributed by atoms with van der Waals surface area (Å²) in [5.41, 5.74) is 0.970. The number of hydrogen-bond donors (Lipinski definition) is 0. The molecule has 0 aromatic carbocycles. The van der Waals surface area contributed by atoms with Gasteiger partial charge in [0, 0.05) is 10.5 Å². The third-order valence-corrected chi connectivity index (χ3v) is 1.72. The second-order valence-corrected chi connectivity index (χ2v) is 2.31. The van der Waals surface area contributed by atoms with Gasteiger partial charge in [0.15, 0.2) is 0 Å². The summed E-state index contributed by atoms with van der Waals surface area (Å²) in [5.74, 6) is 0. The molecule has 1 heterocycles. The van der Waals surface area contributed by atoms with Gasteiger partial charge in [-0.2, -0.15) is 0 Å². The van der Waals surface area contributed by atoms with Crippen molar-refractivity contribution < 1.29 is 4.42 Å². The zero-order chi connectivity index (χ0) is 5.98. The minimum atomic E-state index is 0.970. The summed E-state index contributed by atoms with van der Waals surface area (Å²) in [6, 6.07) is 0. The van der Waals surface area contributed by atoms with Crippen LogP contribution in [0.2, 0.25) is 0 Å². The Hall–Kier alpha value is -0.370. The van der Waals surface area contributed by atoms with Crippen molar-refractivity contribution in [3.63, 3.8) is 0 Å². The Morgan fingerprint density at radius 3 is 2.62 bits per heavy atom. The van der Waals surface area contributed by atoms with Crippen molar-refractivity contribution in [1.29, 1.82) is 0 Å². The van der Waals surface area contributed by atoms with E-state index in [-0.39, 0.29) is 0 Å². The average molecular weight is 127 g/mol. The van der Waals surface area contributed by atoms with Crippen molar-refractivity contribution in [1.82, 2.24) is 0 Å². The summed E-state index contributed by atoms with van der Waals surface area (Å²) >= 11 is 1.65. The average Bonchev–Trinajstić information content (AvgIpc) is 2.14. The molecule has 0 saturated carbocycles. The Morgan fingerprint density at radius 1 is 1.62 bits per heavy atom.